The van der Waals surface area contributed by atoms with Crippen molar-refractivity contribution in [1.29, 1.82) is 0 Å². The van der Waals surface area contributed by atoms with Crippen molar-refractivity contribution in [2.24, 2.45) is 0 Å². The van der Waals surface area contributed by atoms with E-state index in [1.165, 1.54) is 24.3 Å². The van der Waals surface area contributed by atoms with Crippen LogP contribution in [0.15, 0.2) is 33.5 Å². The molecule has 0 aliphatic carbocycles. The quantitative estimate of drug-likeness (QED) is 0.561. The maximum Gasteiger partial charge on any atom is 0.227 e. The van der Waals surface area contributed by atoms with E-state index in [1.807, 2.05) is 0 Å². The third kappa shape index (κ3) is 3.61. The van der Waals surface area contributed by atoms with Crippen LogP contribution in [0.5, 0.6) is 17.2 Å². The van der Waals surface area contributed by atoms with Crippen LogP contribution in [0.3, 0.4) is 0 Å². The first-order chi connectivity index (χ1) is 10.5. The van der Waals surface area contributed by atoms with Crippen LogP contribution in [0.2, 0.25) is 0 Å². The van der Waals surface area contributed by atoms with Crippen LogP contribution in [-0.4, -0.2) is 15.3 Å². The second-order valence-corrected chi connectivity index (χ2v) is 5.27. The van der Waals surface area contributed by atoms with Crippen molar-refractivity contribution in [3.05, 3.63) is 40.2 Å². The molecule has 3 N–H and O–H groups in total. The van der Waals surface area contributed by atoms with Crippen molar-refractivity contribution in [2.45, 2.75) is 39.0 Å². The molecule has 0 saturated heterocycles. The number of phenolic OH excluding ortho intramolecular Hbond substituents is 2. The Morgan fingerprint density at radius 3 is 2.45 bits per heavy atom. The van der Waals surface area contributed by atoms with Gasteiger partial charge in [0.15, 0.2) is 17.3 Å². The van der Waals surface area contributed by atoms with Crippen LogP contribution in [0.1, 0.15) is 38.4 Å². The van der Waals surface area contributed by atoms with Crippen molar-refractivity contribution in [3.63, 3.8) is 0 Å². The lowest BCUT2D eigenvalue weighted by Gasteiger charge is -2.08. The van der Waals surface area contributed by atoms with E-state index in [0.29, 0.717) is 17.7 Å². The third-order valence-corrected chi connectivity index (χ3v) is 3.49. The van der Waals surface area contributed by atoms with Gasteiger partial charge in [-0.05, 0) is 24.6 Å². The zero-order chi connectivity index (χ0) is 16.1. The van der Waals surface area contributed by atoms with E-state index in [1.54, 1.807) is 0 Å². The molecule has 0 aliphatic heterocycles. The highest BCUT2D eigenvalue weighted by Gasteiger charge is 2.15. The molecule has 5 nitrogen and oxygen atoms in total. The van der Waals surface area contributed by atoms with Gasteiger partial charge in [0.05, 0.1) is 0 Å². The van der Waals surface area contributed by atoms with Crippen molar-refractivity contribution in [2.75, 3.05) is 0 Å². The molecule has 5 heteroatoms. The summed E-state index contributed by atoms with van der Waals surface area (Å²) < 4.78 is 5.61. The Kier molecular flexibility index (Phi) is 5.09. The average Bonchev–Trinajstić information content (AvgIpc) is 2.50. The molecule has 2 rings (SSSR count). The van der Waals surface area contributed by atoms with Gasteiger partial charge in [-0.2, -0.15) is 0 Å². The second-order valence-electron chi connectivity index (χ2n) is 5.27. The number of unbranched alkanes of at least 4 members (excludes halogenated alkanes) is 3. The predicted molar refractivity (Wildman–Crippen MR) is 83.3 cm³/mol. The molecular formula is C17H20O5. The Morgan fingerprint density at radius 1 is 1.00 bits per heavy atom. The van der Waals surface area contributed by atoms with Crippen LogP contribution < -0.4 is 5.43 Å². The van der Waals surface area contributed by atoms with E-state index in [2.05, 4.69) is 6.92 Å². The van der Waals surface area contributed by atoms with Crippen LogP contribution in [0.4, 0.5) is 0 Å². The van der Waals surface area contributed by atoms with E-state index < -0.39 is 11.2 Å². The fraction of sp³-hybridized carbons (Fsp3) is 0.353. The smallest absolute Gasteiger partial charge is 0.227 e. The van der Waals surface area contributed by atoms with E-state index >= 15 is 0 Å². The molecule has 1 aromatic carbocycles. The van der Waals surface area contributed by atoms with Crippen molar-refractivity contribution in [1.82, 2.24) is 0 Å². The Hall–Kier alpha value is -2.43. The van der Waals surface area contributed by atoms with Crippen molar-refractivity contribution < 1.29 is 19.7 Å². The number of phenols is 2. The molecule has 0 saturated carbocycles. The second kappa shape index (κ2) is 7.02. The monoisotopic (exact) mass is 304 g/mol. The summed E-state index contributed by atoms with van der Waals surface area (Å²) in [5.74, 6) is -0.605. The first-order valence-electron chi connectivity index (χ1n) is 7.41. The lowest BCUT2D eigenvalue weighted by molar-refractivity contribution is 0.402. The summed E-state index contributed by atoms with van der Waals surface area (Å²) in [6, 6.07) is 5.28. The number of aryl methyl sites for hydroxylation is 1. The Balaban J connectivity index is 2.32. The van der Waals surface area contributed by atoms with Crippen molar-refractivity contribution in [3.8, 4) is 28.6 Å². The molecule has 1 aromatic heterocycles. The van der Waals surface area contributed by atoms with Gasteiger partial charge in [-0.15, -0.1) is 0 Å². The number of aromatic hydroxyl groups is 3. The summed E-state index contributed by atoms with van der Waals surface area (Å²) in [7, 11) is 0. The molecule has 0 bridgehead atoms. The zero-order valence-corrected chi connectivity index (χ0v) is 12.5. The predicted octanol–water partition coefficient (Wildman–Crippen LogP) is 3.55. The van der Waals surface area contributed by atoms with Gasteiger partial charge in [-0.3, -0.25) is 4.79 Å². The summed E-state index contributed by atoms with van der Waals surface area (Å²) >= 11 is 0. The highest BCUT2D eigenvalue weighted by atomic mass is 16.4. The number of benzene rings is 1. The van der Waals surface area contributed by atoms with Gasteiger partial charge in [-0.1, -0.05) is 26.2 Å². The Labute approximate surface area is 128 Å². The summed E-state index contributed by atoms with van der Waals surface area (Å²) in [4.78, 5) is 11.9. The average molecular weight is 304 g/mol. The minimum Gasteiger partial charge on any atom is -0.504 e. The van der Waals surface area contributed by atoms with Gasteiger partial charge in [-0.25, -0.2) is 0 Å². The highest BCUT2D eigenvalue weighted by Crippen LogP contribution is 2.34. The standard InChI is InChI=1S/C17H20O5/c1-2-3-4-5-6-12-10-15(20)16(21)17(22-12)11-7-8-13(18)14(19)9-11/h7-10,18-19,21H,2-6H2,1H3. The molecule has 0 spiro atoms. The molecule has 22 heavy (non-hydrogen) atoms. The molecule has 0 fully saturated rings. The minimum atomic E-state index is -0.515. The van der Waals surface area contributed by atoms with Gasteiger partial charge >= 0.3 is 0 Å². The maximum absolute atomic E-state index is 11.9. The molecule has 1 heterocycles. The topological polar surface area (TPSA) is 90.9 Å². The van der Waals surface area contributed by atoms with Gasteiger partial charge in [0.2, 0.25) is 11.2 Å². The normalized spacial score (nSPS) is 10.8. The minimum absolute atomic E-state index is 0.00768. The molecule has 0 amide bonds. The number of hydrogen-bond donors (Lipinski definition) is 3. The molecule has 0 aliphatic rings. The first kappa shape index (κ1) is 15.9. The van der Waals surface area contributed by atoms with Gasteiger partial charge in [0.25, 0.3) is 0 Å². The number of hydrogen-bond acceptors (Lipinski definition) is 5. The highest BCUT2D eigenvalue weighted by molar-refractivity contribution is 5.67. The van der Waals surface area contributed by atoms with Crippen LogP contribution in [0.25, 0.3) is 11.3 Å². The summed E-state index contributed by atoms with van der Waals surface area (Å²) in [6.45, 7) is 2.12. The lowest BCUT2D eigenvalue weighted by atomic mass is 10.1. The SMILES string of the molecule is CCCCCCc1cc(=O)c(O)c(-c2ccc(O)c(O)c2)o1. The molecule has 0 unspecified atom stereocenters. The van der Waals surface area contributed by atoms with Crippen LogP contribution in [-0.2, 0) is 6.42 Å². The van der Waals surface area contributed by atoms with Gasteiger partial charge in [0, 0.05) is 18.1 Å². The summed E-state index contributed by atoms with van der Waals surface area (Å²) in [5, 5.41) is 28.8. The van der Waals surface area contributed by atoms with E-state index in [-0.39, 0.29) is 17.3 Å². The van der Waals surface area contributed by atoms with E-state index in [4.69, 9.17) is 4.42 Å². The number of rotatable bonds is 6. The maximum atomic E-state index is 11.9. The Morgan fingerprint density at radius 2 is 1.77 bits per heavy atom. The molecular weight excluding hydrogens is 284 g/mol. The van der Waals surface area contributed by atoms with Gasteiger partial charge < -0.3 is 19.7 Å². The van der Waals surface area contributed by atoms with Crippen LogP contribution >= 0.6 is 0 Å². The molecule has 0 atom stereocenters. The lowest BCUT2D eigenvalue weighted by Crippen LogP contribution is -2.03. The summed E-state index contributed by atoms with van der Waals surface area (Å²) in [5.41, 5.74) is -0.181. The van der Waals surface area contributed by atoms with Gasteiger partial charge in [0.1, 0.15) is 5.76 Å². The summed E-state index contributed by atoms with van der Waals surface area (Å²) in [6.07, 6.45) is 4.82. The third-order valence-electron chi connectivity index (χ3n) is 3.49. The fourth-order valence-corrected chi connectivity index (χ4v) is 2.24. The van der Waals surface area contributed by atoms with E-state index in [9.17, 15) is 20.1 Å². The zero-order valence-electron chi connectivity index (χ0n) is 12.5. The van der Waals surface area contributed by atoms with Crippen LogP contribution in [0, 0.1) is 0 Å². The Bertz CT molecular complexity index is 703. The van der Waals surface area contributed by atoms with E-state index in [0.717, 1.165) is 25.7 Å². The molecule has 118 valence electrons. The first-order valence-corrected chi connectivity index (χ1v) is 7.41. The molecule has 0 radical (unpaired) electrons. The fourth-order valence-electron chi connectivity index (χ4n) is 2.24. The molecule has 2 aromatic rings. The van der Waals surface area contributed by atoms with Crippen molar-refractivity contribution >= 4 is 0 Å². The largest absolute Gasteiger partial charge is 0.504 e.